The molecule has 1 aromatic rings. The lowest BCUT2D eigenvalue weighted by Crippen LogP contribution is -2.42. The van der Waals surface area contributed by atoms with Gasteiger partial charge in [-0.2, -0.15) is 0 Å². The fraction of sp³-hybridized carbons (Fsp3) is 0.654. The molecule has 2 aliphatic rings. The van der Waals surface area contributed by atoms with E-state index in [0.29, 0.717) is 37.2 Å². The van der Waals surface area contributed by atoms with E-state index >= 15 is 0 Å². The maximum Gasteiger partial charge on any atom is 0.410 e. The predicted molar refractivity (Wildman–Crippen MR) is 141 cm³/mol. The number of hydrogen-bond acceptors (Lipinski definition) is 9. The third-order valence-corrected chi connectivity index (χ3v) is 6.27. The molecule has 11 heteroatoms. The number of carbonyl (C=O) groups is 3. The van der Waals surface area contributed by atoms with Crippen molar-refractivity contribution in [3.63, 3.8) is 0 Å². The summed E-state index contributed by atoms with van der Waals surface area (Å²) in [6.07, 6.45) is 1.56. The molecule has 2 atom stereocenters. The summed E-state index contributed by atoms with van der Waals surface area (Å²) in [5.41, 5.74) is 0.526. The predicted octanol–water partition coefficient (Wildman–Crippen LogP) is 2.44. The van der Waals surface area contributed by atoms with Gasteiger partial charge in [-0.05, 0) is 57.9 Å². The van der Waals surface area contributed by atoms with Gasteiger partial charge in [0.05, 0.1) is 27.3 Å². The molecule has 0 radical (unpaired) electrons. The van der Waals surface area contributed by atoms with Crippen molar-refractivity contribution in [3.05, 3.63) is 34.9 Å². The molecule has 0 bridgehead atoms. The molecule has 10 nitrogen and oxygen atoms in total. The molecule has 2 aliphatic heterocycles. The normalized spacial score (nSPS) is 19.3. The number of ether oxygens (including phenoxy) is 3. The average molecular weight is 541 g/mol. The number of hydrogen-bond donors (Lipinski definition) is 2. The van der Waals surface area contributed by atoms with Crippen LogP contribution in [0.4, 0.5) is 4.79 Å². The largest absolute Gasteiger partial charge is 0.468 e. The SMILES string of the molecule is COC(=O)CN(Cc1ccc(Cl)cc1)C1CCN(C(=O)OC(C)(C)C)C1.COC(=O)CNC1CCNC1. The first kappa shape index (κ1) is 30.8. The van der Waals surface area contributed by atoms with E-state index in [-0.39, 0.29) is 30.6 Å². The van der Waals surface area contributed by atoms with E-state index in [1.54, 1.807) is 4.90 Å². The summed E-state index contributed by atoms with van der Waals surface area (Å²) >= 11 is 5.94. The molecule has 3 rings (SSSR count). The Bertz CT molecular complexity index is 871. The highest BCUT2D eigenvalue weighted by Gasteiger charge is 2.33. The number of methoxy groups -OCH3 is 2. The van der Waals surface area contributed by atoms with Crippen LogP contribution in [-0.2, 0) is 30.3 Å². The Hall–Kier alpha value is -2.40. The summed E-state index contributed by atoms with van der Waals surface area (Å²) in [4.78, 5) is 38.5. The molecule has 0 spiro atoms. The standard InChI is InChI=1S/C19H27ClN2O4.C7H14N2O2/c1-19(2,3)26-18(24)21-10-9-16(12-21)22(13-17(23)25-4)11-14-5-7-15(20)8-6-14;1-11-7(10)5-9-6-2-3-8-4-6/h5-8,16H,9-13H2,1-4H3;6,8-9H,2-5H2,1H3. The van der Waals surface area contributed by atoms with E-state index in [9.17, 15) is 14.4 Å². The van der Waals surface area contributed by atoms with E-state index < -0.39 is 5.60 Å². The highest BCUT2D eigenvalue weighted by Crippen LogP contribution is 2.21. The third-order valence-electron chi connectivity index (χ3n) is 6.01. The topological polar surface area (TPSA) is 109 Å². The van der Waals surface area contributed by atoms with Crippen LogP contribution in [0.5, 0.6) is 0 Å². The van der Waals surface area contributed by atoms with Gasteiger partial charge in [-0.1, -0.05) is 23.7 Å². The number of amides is 1. The number of nitrogens with one attached hydrogen (secondary N) is 2. The Labute approximate surface area is 224 Å². The lowest BCUT2D eigenvalue weighted by atomic mass is 10.1. The summed E-state index contributed by atoms with van der Waals surface area (Å²) in [5.74, 6) is -0.494. The Morgan fingerprint density at radius 2 is 1.78 bits per heavy atom. The molecule has 2 unspecified atom stereocenters. The second-order valence-electron chi connectivity index (χ2n) is 10.1. The average Bonchev–Trinajstić information content (AvgIpc) is 3.55. The van der Waals surface area contributed by atoms with Crippen molar-refractivity contribution in [3.8, 4) is 0 Å². The number of esters is 2. The molecular weight excluding hydrogens is 500 g/mol. The zero-order valence-corrected chi connectivity index (χ0v) is 23.3. The molecule has 2 heterocycles. The Kier molecular flexibility index (Phi) is 12.6. The molecule has 208 valence electrons. The molecule has 1 amide bonds. The van der Waals surface area contributed by atoms with Crippen LogP contribution in [0.1, 0.15) is 39.2 Å². The number of halogens is 1. The van der Waals surface area contributed by atoms with Gasteiger partial charge in [-0.15, -0.1) is 0 Å². The van der Waals surface area contributed by atoms with Crippen LogP contribution < -0.4 is 10.6 Å². The zero-order valence-electron chi connectivity index (χ0n) is 22.5. The van der Waals surface area contributed by atoms with Gasteiger partial charge in [-0.25, -0.2) is 4.79 Å². The van der Waals surface area contributed by atoms with Gasteiger partial charge in [0.25, 0.3) is 0 Å². The van der Waals surface area contributed by atoms with Crippen LogP contribution in [0.3, 0.4) is 0 Å². The van der Waals surface area contributed by atoms with Gasteiger partial charge in [0.15, 0.2) is 0 Å². The first-order chi connectivity index (χ1) is 17.5. The molecule has 1 aromatic carbocycles. The quantitative estimate of drug-likeness (QED) is 0.379. The number of benzene rings is 1. The van der Waals surface area contributed by atoms with Crippen LogP contribution in [-0.4, -0.2) is 99.0 Å². The fourth-order valence-corrected chi connectivity index (χ4v) is 4.16. The van der Waals surface area contributed by atoms with Gasteiger partial charge in [0.1, 0.15) is 5.60 Å². The number of likely N-dealkylation sites (tertiary alicyclic amines) is 1. The van der Waals surface area contributed by atoms with Crippen LogP contribution in [0, 0.1) is 0 Å². The number of carbonyl (C=O) groups excluding carboxylic acids is 3. The summed E-state index contributed by atoms with van der Waals surface area (Å²) in [5, 5.41) is 6.97. The van der Waals surface area contributed by atoms with Crippen molar-refractivity contribution in [1.82, 2.24) is 20.4 Å². The van der Waals surface area contributed by atoms with E-state index in [4.69, 9.17) is 21.1 Å². The molecule has 2 fully saturated rings. The van der Waals surface area contributed by atoms with Crippen molar-refractivity contribution < 1.29 is 28.6 Å². The Morgan fingerprint density at radius 1 is 1.11 bits per heavy atom. The minimum absolute atomic E-state index is 0.0669. The van der Waals surface area contributed by atoms with E-state index in [1.807, 2.05) is 49.9 Å². The third kappa shape index (κ3) is 11.7. The molecule has 0 aliphatic carbocycles. The molecule has 37 heavy (non-hydrogen) atoms. The van der Waals surface area contributed by atoms with E-state index in [0.717, 1.165) is 31.5 Å². The van der Waals surface area contributed by atoms with Gasteiger partial charge in [-0.3, -0.25) is 14.5 Å². The summed E-state index contributed by atoms with van der Waals surface area (Å²) in [6, 6.07) is 8.04. The summed E-state index contributed by atoms with van der Waals surface area (Å²) < 4.78 is 14.8. The van der Waals surface area contributed by atoms with Crippen molar-refractivity contribution in [2.45, 2.75) is 57.8 Å². The van der Waals surface area contributed by atoms with Crippen molar-refractivity contribution in [1.29, 1.82) is 0 Å². The van der Waals surface area contributed by atoms with Crippen molar-refractivity contribution in [2.24, 2.45) is 0 Å². The smallest absolute Gasteiger partial charge is 0.410 e. The minimum atomic E-state index is -0.524. The van der Waals surface area contributed by atoms with Gasteiger partial charge >= 0.3 is 18.0 Å². The minimum Gasteiger partial charge on any atom is -0.468 e. The maximum atomic E-state index is 12.3. The molecule has 0 saturated carbocycles. The molecule has 0 aromatic heterocycles. The number of nitrogens with zero attached hydrogens (tertiary/aromatic N) is 2. The van der Waals surface area contributed by atoms with Gasteiger partial charge in [0.2, 0.25) is 0 Å². The zero-order chi connectivity index (χ0) is 27.4. The van der Waals surface area contributed by atoms with Crippen molar-refractivity contribution in [2.75, 3.05) is 53.5 Å². The van der Waals surface area contributed by atoms with Crippen LogP contribution >= 0.6 is 11.6 Å². The fourth-order valence-electron chi connectivity index (χ4n) is 4.03. The monoisotopic (exact) mass is 540 g/mol. The highest BCUT2D eigenvalue weighted by atomic mass is 35.5. The Morgan fingerprint density at radius 3 is 2.35 bits per heavy atom. The Balaban J connectivity index is 0.000000364. The van der Waals surface area contributed by atoms with E-state index in [2.05, 4.69) is 15.4 Å². The second-order valence-corrected chi connectivity index (χ2v) is 10.6. The lowest BCUT2D eigenvalue weighted by molar-refractivity contribution is -0.142. The first-order valence-electron chi connectivity index (χ1n) is 12.5. The first-order valence-corrected chi connectivity index (χ1v) is 12.9. The van der Waals surface area contributed by atoms with Crippen LogP contribution in [0.25, 0.3) is 0 Å². The van der Waals surface area contributed by atoms with Gasteiger partial charge < -0.3 is 29.7 Å². The molecular formula is C26H41ClN4O6. The van der Waals surface area contributed by atoms with E-state index in [1.165, 1.54) is 14.2 Å². The highest BCUT2D eigenvalue weighted by molar-refractivity contribution is 6.30. The molecule has 2 N–H and O–H groups in total. The maximum absolute atomic E-state index is 12.3. The van der Waals surface area contributed by atoms with Crippen LogP contribution in [0.15, 0.2) is 24.3 Å². The summed E-state index contributed by atoms with van der Waals surface area (Å²) in [7, 11) is 2.78. The van der Waals surface area contributed by atoms with Gasteiger partial charge in [0, 0.05) is 43.3 Å². The second kappa shape index (κ2) is 15.1. The lowest BCUT2D eigenvalue weighted by Gasteiger charge is -2.28. The molecule has 2 saturated heterocycles. The van der Waals surface area contributed by atoms with Crippen molar-refractivity contribution >= 4 is 29.6 Å². The van der Waals surface area contributed by atoms with Crippen LogP contribution in [0.2, 0.25) is 5.02 Å². The number of rotatable bonds is 8. The summed E-state index contributed by atoms with van der Waals surface area (Å²) in [6.45, 7) is 9.76.